The number of piperidine rings is 1. The van der Waals surface area contributed by atoms with Gasteiger partial charge in [0, 0.05) is 26.3 Å². The maximum absolute atomic E-state index is 13.5. The van der Waals surface area contributed by atoms with Crippen LogP contribution >= 0.6 is 0 Å². The van der Waals surface area contributed by atoms with E-state index in [0.29, 0.717) is 18.7 Å². The van der Waals surface area contributed by atoms with Crippen molar-refractivity contribution in [3.8, 4) is 0 Å². The third-order valence-corrected chi connectivity index (χ3v) is 7.60. The number of amides is 2. The van der Waals surface area contributed by atoms with Gasteiger partial charge in [-0.25, -0.2) is 17.1 Å². The summed E-state index contributed by atoms with van der Waals surface area (Å²) in [5.74, 6) is -1.23. The van der Waals surface area contributed by atoms with E-state index in [1.807, 2.05) is 4.90 Å². The van der Waals surface area contributed by atoms with E-state index < -0.39 is 27.8 Å². The monoisotopic (exact) mass is 460 g/mol. The molecule has 0 radical (unpaired) electrons. The first-order valence-electron chi connectivity index (χ1n) is 10.4. The number of halogens is 1. The molecular weight excluding hydrogens is 435 g/mol. The number of hydrogen-bond acceptors (Lipinski definition) is 5. The summed E-state index contributed by atoms with van der Waals surface area (Å²) in [4.78, 5) is 29.4. The lowest BCUT2D eigenvalue weighted by molar-refractivity contribution is -0.123. The summed E-state index contributed by atoms with van der Waals surface area (Å²) in [5.41, 5.74) is 1.39. The van der Waals surface area contributed by atoms with Gasteiger partial charge in [0.1, 0.15) is 18.4 Å². The number of hydrogen-bond donors (Lipinski definition) is 1. The van der Waals surface area contributed by atoms with Gasteiger partial charge in [-0.05, 0) is 55.7 Å². The fourth-order valence-corrected chi connectivity index (χ4v) is 5.10. The van der Waals surface area contributed by atoms with Crippen LogP contribution in [0.2, 0.25) is 0 Å². The average molecular weight is 461 g/mol. The first-order valence-corrected chi connectivity index (χ1v) is 11.8. The van der Waals surface area contributed by atoms with Crippen LogP contribution in [0.4, 0.5) is 21.5 Å². The molecule has 2 aromatic carbocycles. The van der Waals surface area contributed by atoms with E-state index in [9.17, 15) is 22.4 Å². The highest BCUT2D eigenvalue weighted by molar-refractivity contribution is 7.89. The van der Waals surface area contributed by atoms with Gasteiger partial charge >= 0.3 is 0 Å². The van der Waals surface area contributed by atoms with Crippen LogP contribution in [-0.4, -0.2) is 57.8 Å². The predicted molar refractivity (Wildman–Crippen MR) is 120 cm³/mol. The molecule has 4 rings (SSSR count). The predicted octanol–water partition coefficient (Wildman–Crippen LogP) is 2.42. The average Bonchev–Trinajstić information content (AvgIpc) is 2.76. The number of nitrogens with zero attached hydrogens (tertiary/aromatic N) is 3. The van der Waals surface area contributed by atoms with Gasteiger partial charge in [-0.3, -0.25) is 14.5 Å². The van der Waals surface area contributed by atoms with Gasteiger partial charge in [0.25, 0.3) is 0 Å². The summed E-state index contributed by atoms with van der Waals surface area (Å²) in [6.45, 7) is 0.380. The normalized spacial score (nSPS) is 18.4. The molecule has 8 nitrogen and oxygen atoms in total. The molecule has 0 spiro atoms. The largest absolute Gasteiger partial charge is 0.358 e. The van der Waals surface area contributed by atoms with E-state index in [1.165, 1.54) is 49.3 Å². The van der Waals surface area contributed by atoms with Gasteiger partial charge in [-0.2, -0.15) is 0 Å². The molecular formula is C22H25FN4O4S. The number of anilines is 3. The van der Waals surface area contributed by atoms with E-state index >= 15 is 0 Å². The zero-order chi connectivity index (χ0) is 23.0. The van der Waals surface area contributed by atoms with Crippen molar-refractivity contribution in [1.29, 1.82) is 0 Å². The minimum Gasteiger partial charge on any atom is -0.358 e. The molecule has 0 aromatic heterocycles. The van der Waals surface area contributed by atoms with Crippen molar-refractivity contribution in [3.63, 3.8) is 0 Å². The molecule has 32 heavy (non-hydrogen) atoms. The Morgan fingerprint density at radius 1 is 1.16 bits per heavy atom. The fraction of sp³-hybridized carbons (Fsp3) is 0.364. The zero-order valence-corrected chi connectivity index (χ0v) is 18.7. The van der Waals surface area contributed by atoms with E-state index in [-0.39, 0.29) is 23.0 Å². The van der Waals surface area contributed by atoms with Crippen molar-refractivity contribution < 1.29 is 22.4 Å². The second kappa shape index (κ2) is 8.51. The maximum atomic E-state index is 13.5. The Morgan fingerprint density at radius 3 is 2.66 bits per heavy atom. The zero-order valence-electron chi connectivity index (χ0n) is 17.9. The number of carbonyl (C=O) groups is 2. The Hall–Kier alpha value is -2.98. The number of sulfonamides is 1. The van der Waals surface area contributed by atoms with Crippen molar-refractivity contribution >= 4 is 38.9 Å². The highest BCUT2D eigenvalue weighted by atomic mass is 32.2. The number of benzene rings is 2. The van der Waals surface area contributed by atoms with Crippen molar-refractivity contribution in [2.45, 2.75) is 30.2 Å². The molecule has 1 atom stereocenters. The Balaban J connectivity index is 1.71. The molecule has 0 bridgehead atoms. The molecule has 2 aliphatic heterocycles. The van der Waals surface area contributed by atoms with Crippen LogP contribution in [0.5, 0.6) is 0 Å². The highest BCUT2D eigenvalue weighted by Crippen LogP contribution is 2.40. The van der Waals surface area contributed by atoms with E-state index in [4.69, 9.17) is 0 Å². The molecule has 10 heteroatoms. The lowest BCUT2D eigenvalue weighted by Gasteiger charge is -2.45. The molecule has 1 fully saturated rings. The summed E-state index contributed by atoms with van der Waals surface area (Å²) in [6, 6.07) is 9.77. The van der Waals surface area contributed by atoms with Crippen molar-refractivity contribution in [1.82, 2.24) is 4.31 Å². The van der Waals surface area contributed by atoms with Gasteiger partial charge in [0.05, 0.1) is 16.3 Å². The van der Waals surface area contributed by atoms with Crippen LogP contribution in [0, 0.1) is 5.82 Å². The van der Waals surface area contributed by atoms with E-state index in [1.54, 1.807) is 12.1 Å². The minimum atomic E-state index is -3.73. The molecule has 1 unspecified atom stereocenters. The quantitative estimate of drug-likeness (QED) is 0.740. The molecule has 170 valence electrons. The van der Waals surface area contributed by atoms with Crippen LogP contribution in [-0.2, 0) is 19.6 Å². The Bertz CT molecular complexity index is 1170. The van der Waals surface area contributed by atoms with Gasteiger partial charge in [0.2, 0.25) is 21.8 Å². The topological polar surface area (TPSA) is 90.0 Å². The van der Waals surface area contributed by atoms with Crippen LogP contribution in [0.3, 0.4) is 0 Å². The Morgan fingerprint density at radius 2 is 1.94 bits per heavy atom. The highest BCUT2D eigenvalue weighted by Gasteiger charge is 2.40. The van der Waals surface area contributed by atoms with E-state index in [2.05, 4.69) is 5.32 Å². The Labute approximate surface area is 186 Å². The Kier molecular flexibility index (Phi) is 5.91. The standard InChI is InChI=1S/C22H25FN4O4S/c1-25(2)32(30,31)17-9-10-18-20(13-17)27(22(29)19-8-3-4-11-26(18)19)14-21(28)24-16-7-5-6-15(23)12-16/h5-7,9-10,12-13,19H,3-4,8,11,14H2,1-2H3,(H,24,28). The summed E-state index contributed by atoms with van der Waals surface area (Å²) >= 11 is 0. The minimum absolute atomic E-state index is 0.0417. The third kappa shape index (κ3) is 4.07. The smallest absolute Gasteiger partial charge is 0.250 e. The van der Waals surface area contributed by atoms with Crippen molar-refractivity contribution in [2.75, 3.05) is 42.3 Å². The van der Waals surface area contributed by atoms with Crippen molar-refractivity contribution in [3.05, 3.63) is 48.3 Å². The lowest BCUT2D eigenvalue weighted by Crippen LogP contribution is -2.56. The van der Waals surface area contributed by atoms with Crippen LogP contribution in [0.15, 0.2) is 47.4 Å². The lowest BCUT2D eigenvalue weighted by atomic mass is 9.96. The first kappa shape index (κ1) is 22.2. The molecule has 2 amide bonds. The molecule has 1 N–H and O–H groups in total. The second-order valence-corrected chi connectivity index (χ2v) is 10.3. The SMILES string of the molecule is CN(C)S(=O)(=O)c1ccc2c(c1)N(CC(=O)Nc1cccc(F)c1)C(=O)C1CCCCN21. The van der Waals surface area contributed by atoms with Gasteiger partial charge in [-0.15, -0.1) is 0 Å². The summed E-state index contributed by atoms with van der Waals surface area (Å²) in [5, 5.41) is 2.60. The summed E-state index contributed by atoms with van der Waals surface area (Å²) in [6.07, 6.45) is 2.50. The second-order valence-electron chi connectivity index (χ2n) is 8.13. The van der Waals surface area contributed by atoms with Gasteiger partial charge in [-0.1, -0.05) is 6.07 Å². The molecule has 0 aliphatic carbocycles. The van der Waals surface area contributed by atoms with Gasteiger partial charge in [0.15, 0.2) is 0 Å². The number of nitrogens with one attached hydrogen (secondary N) is 1. The fourth-order valence-electron chi connectivity index (χ4n) is 4.18. The number of rotatable bonds is 5. The number of carbonyl (C=O) groups excluding carboxylic acids is 2. The molecule has 1 saturated heterocycles. The third-order valence-electron chi connectivity index (χ3n) is 5.79. The van der Waals surface area contributed by atoms with E-state index in [0.717, 1.165) is 22.8 Å². The van der Waals surface area contributed by atoms with Gasteiger partial charge < -0.3 is 10.2 Å². The molecule has 2 aliphatic rings. The molecule has 2 heterocycles. The summed E-state index contributed by atoms with van der Waals surface area (Å²) in [7, 11) is -0.857. The van der Waals surface area contributed by atoms with Crippen LogP contribution < -0.4 is 15.1 Å². The molecule has 0 saturated carbocycles. The van der Waals surface area contributed by atoms with Crippen LogP contribution in [0.1, 0.15) is 19.3 Å². The molecule has 2 aromatic rings. The number of fused-ring (bicyclic) bond motifs is 3. The first-order chi connectivity index (χ1) is 15.2. The van der Waals surface area contributed by atoms with Crippen LogP contribution in [0.25, 0.3) is 0 Å². The summed E-state index contributed by atoms with van der Waals surface area (Å²) < 4.78 is 39.9. The van der Waals surface area contributed by atoms with Crippen molar-refractivity contribution in [2.24, 2.45) is 0 Å². The maximum Gasteiger partial charge on any atom is 0.250 e.